The average Bonchev–Trinajstić information content (AvgIpc) is 2.99. The number of anilines is 1. The van der Waals surface area contributed by atoms with E-state index < -0.39 is 0 Å². The molecule has 0 radical (unpaired) electrons. The molecular formula is C17H22N6O3. The number of amides is 1. The first-order valence-electron chi connectivity index (χ1n) is 8.85. The lowest BCUT2D eigenvalue weighted by Gasteiger charge is -2.26. The monoisotopic (exact) mass is 358 g/mol. The molecule has 138 valence electrons. The molecule has 0 aliphatic carbocycles. The van der Waals surface area contributed by atoms with Gasteiger partial charge in [-0.05, 0) is 12.5 Å². The Morgan fingerprint density at radius 3 is 2.65 bits per heavy atom. The summed E-state index contributed by atoms with van der Waals surface area (Å²) in [5.41, 5.74) is 2.05. The summed E-state index contributed by atoms with van der Waals surface area (Å²) >= 11 is 0. The van der Waals surface area contributed by atoms with E-state index in [0.717, 1.165) is 31.7 Å². The lowest BCUT2D eigenvalue weighted by molar-refractivity contribution is 0.0744. The number of ether oxygens (including phenoxy) is 1. The first-order chi connectivity index (χ1) is 12.7. The quantitative estimate of drug-likeness (QED) is 0.828. The van der Waals surface area contributed by atoms with Crippen molar-refractivity contribution in [3.63, 3.8) is 0 Å². The van der Waals surface area contributed by atoms with Crippen LogP contribution in [0.3, 0.4) is 0 Å². The third-order valence-corrected chi connectivity index (χ3v) is 4.69. The third-order valence-electron chi connectivity index (χ3n) is 4.69. The maximum Gasteiger partial charge on any atom is 0.257 e. The van der Waals surface area contributed by atoms with Crippen molar-refractivity contribution < 1.29 is 14.6 Å². The summed E-state index contributed by atoms with van der Waals surface area (Å²) in [6, 6.07) is 1.85. The van der Waals surface area contributed by atoms with E-state index in [0.29, 0.717) is 43.5 Å². The molecule has 4 heterocycles. The van der Waals surface area contributed by atoms with Crippen molar-refractivity contribution in [1.82, 2.24) is 24.6 Å². The first-order valence-corrected chi connectivity index (χ1v) is 8.85. The molecule has 0 saturated carbocycles. The highest BCUT2D eigenvalue weighted by molar-refractivity contribution is 5.93. The second kappa shape index (κ2) is 7.38. The zero-order chi connectivity index (χ0) is 17.9. The number of fused-ring (bicyclic) bond motifs is 1. The summed E-state index contributed by atoms with van der Waals surface area (Å²) in [6.07, 6.45) is 4.01. The number of nitrogens with zero attached hydrogens (tertiary/aromatic N) is 6. The van der Waals surface area contributed by atoms with Crippen LogP contribution in [0.15, 0.2) is 18.5 Å². The molecule has 1 saturated heterocycles. The molecule has 4 rings (SSSR count). The maximum atomic E-state index is 12.9. The van der Waals surface area contributed by atoms with Crippen LogP contribution in [-0.4, -0.2) is 68.5 Å². The topological polar surface area (TPSA) is 96.6 Å². The molecule has 2 aromatic heterocycles. The Morgan fingerprint density at radius 2 is 1.92 bits per heavy atom. The van der Waals surface area contributed by atoms with Gasteiger partial charge in [0, 0.05) is 38.6 Å². The standard InChI is InChI=1S/C17H22N6O3/c24-12-14-8-15-11-22(2-1-3-23(15)20-14)16(25)13-9-18-17(19-10-13)21-4-6-26-7-5-21/h8-10,24H,1-7,11-12H2. The smallest absolute Gasteiger partial charge is 0.257 e. The number of carbonyl (C=O) groups is 1. The van der Waals surface area contributed by atoms with Crippen LogP contribution in [-0.2, 0) is 24.4 Å². The van der Waals surface area contributed by atoms with Gasteiger partial charge in [0.1, 0.15) is 0 Å². The van der Waals surface area contributed by atoms with Crippen LogP contribution >= 0.6 is 0 Å². The van der Waals surface area contributed by atoms with E-state index in [2.05, 4.69) is 20.0 Å². The molecular weight excluding hydrogens is 336 g/mol. The minimum absolute atomic E-state index is 0.0845. The van der Waals surface area contributed by atoms with Crippen LogP contribution in [0.2, 0.25) is 0 Å². The van der Waals surface area contributed by atoms with Crippen LogP contribution in [0.4, 0.5) is 5.95 Å². The second-order valence-electron chi connectivity index (χ2n) is 6.46. The van der Waals surface area contributed by atoms with Crippen molar-refractivity contribution in [2.45, 2.75) is 26.1 Å². The Bertz CT molecular complexity index is 769. The Morgan fingerprint density at radius 1 is 1.15 bits per heavy atom. The summed E-state index contributed by atoms with van der Waals surface area (Å²) in [5, 5.41) is 13.6. The van der Waals surface area contributed by atoms with E-state index in [9.17, 15) is 9.90 Å². The van der Waals surface area contributed by atoms with Gasteiger partial charge in [0.15, 0.2) is 0 Å². The van der Waals surface area contributed by atoms with Crippen molar-refractivity contribution in [3.05, 3.63) is 35.4 Å². The summed E-state index contributed by atoms with van der Waals surface area (Å²) in [6.45, 7) is 4.63. The molecule has 9 nitrogen and oxygen atoms in total. The molecule has 1 N–H and O–H groups in total. The van der Waals surface area contributed by atoms with Crippen molar-refractivity contribution in [3.8, 4) is 0 Å². The Kier molecular flexibility index (Phi) is 4.81. The van der Waals surface area contributed by atoms with Crippen molar-refractivity contribution in [1.29, 1.82) is 0 Å². The number of carbonyl (C=O) groups excluding carboxylic acids is 1. The van der Waals surface area contributed by atoms with Gasteiger partial charge in [-0.1, -0.05) is 0 Å². The number of aryl methyl sites for hydroxylation is 1. The number of aliphatic hydroxyl groups excluding tert-OH is 1. The van der Waals surface area contributed by atoms with Gasteiger partial charge >= 0.3 is 0 Å². The molecule has 26 heavy (non-hydrogen) atoms. The normalized spacial score (nSPS) is 17.7. The third kappa shape index (κ3) is 3.40. The fraction of sp³-hybridized carbons (Fsp3) is 0.529. The lowest BCUT2D eigenvalue weighted by Crippen LogP contribution is -2.37. The van der Waals surface area contributed by atoms with Gasteiger partial charge in [0.25, 0.3) is 5.91 Å². The van der Waals surface area contributed by atoms with Crippen molar-refractivity contribution in [2.75, 3.05) is 37.7 Å². The van der Waals surface area contributed by atoms with E-state index in [1.165, 1.54) is 0 Å². The highest BCUT2D eigenvalue weighted by Crippen LogP contribution is 2.17. The fourth-order valence-corrected chi connectivity index (χ4v) is 3.31. The van der Waals surface area contributed by atoms with E-state index in [-0.39, 0.29) is 12.5 Å². The predicted molar refractivity (Wildman–Crippen MR) is 92.6 cm³/mol. The number of hydrogen-bond acceptors (Lipinski definition) is 7. The van der Waals surface area contributed by atoms with E-state index in [1.54, 1.807) is 17.3 Å². The van der Waals surface area contributed by atoms with Gasteiger partial charge in [-0.2, -0.15) is 5.10 Å². The number of aromatic nitrogens is 4. The van der Waals surface area contributed by atoms with E-state index >= 15 is 0 Å². The van der Waals surface area contributed by atoms with Crippen molar-refractivity contribution >= 4 is 11.9 Å². The van der Waals surface area contributed by atoms with Crippen molar-refractivity contribution in [2.24, 2.45) is 0 Å². The van der Waals surface area contributed by atoms with Gasteiger partial charge in [0.2, 0.25) is 5.95 Å². The predicted octanol–water partition coefficient (Wildman–Crippen LogP) is 0.0481. The molecule has 1 fully saturated rings. The molecule has 0 unspecified atom stereocenters. The summed E-state index contributed by atoms with van der Waals surface area (Å²) in [7, 11) is 0. The van der Waals surface area contributed by atoms with Gasteiger partial charge in [-0.3, -0.25) is 9.48 Å². The lowest BCUT2D eigenvalue weighted by atomic mass is 10.2. The highest BCUT2D eigenvalue weighted by atomic mass is 16.5. The van der Waals surface area contributed by atoms with E-state index in [4.69, 9.17) is 4.74 Å². The number of hydrogen-bond donors (Lipinski definition) is 1. The Balaban J connectivity index is 1.48. The SMILES string of the molecule is O=C(c1cnc(N2CCOCC2)nc1)N1CCCn2nc(CO)cc2C1. The van der Waals surface area contributed by atoms with Gasteiger partial charge in [-0.25, -0.2) is 9.97 Å². The Labute approximate surface area is 151 Å². The van der Waals surface area contributed by atoms with Gasteiger partial charge in [-0.15, -0.1) is 0 Å². The molecule has 9 heteroatoms. The van der Waals surface area contributed by atoms with Crippen LogP contribution in [0, 0.1) is 0 Å². The molecule has 2 aromatic rings. The van der Waals surface area contributed by atoms with Crippen LogP contribution in [0.1, 0.15) is 28.2 Å². The molecule has 2 aliphatic rings. The molecule has 0 atom stereocenters. The molecule has 1 amide bonds. The first kappa shape index (κ1) is 16.9. The summed E-state index contributed by atoms with van der Waals surface area (Å²) < 4.78 is 7.20. The average molecular weight is 358 g/mol. The Hall–Kier alpha value is -2.52. The summed E-state index contributed by atoms with van der Waals surface area (Å²) in [4.78, 5) is 25.4. The number of aliphatic hydroxyl groups is 1. The fourth-order valence-electron chi connectivity index (χ4n) is 3.31. The van der Waals surface area contributed by atoms with Crippen LogP contribution in [0.5, 0.6) is 0 Å². The highest BCUT2D eigenvalue weighted by Gasteiger charge is 2.23. The molecule has 2 aliphatic heterocycles. The maximum absolute atomic E-state index is 12.9. The summed E-state index contributed by atoms with van der Waals surface area (Å²) in [5.74, 6) is 0.546. The van der Waals surface area contributed by atoms with Crippen LogP contribution < -0.4 is 4.90 Å². The van der Waals surface area contributed by atoms with Gasteiger partial charge < -0.3 is 19.6 Å². The zero-order valence-corrected chi connectivity index (χ0v) is 14.5. The molecule has 0 bridgehead atoms. The van der Waals surface area contributed by atoms with E-state index in [1.807, 2.05) is 10.7 Å². The number of morpholine rings is 1. The number of rotatable bonds is 3. The zero-order valence-electron chi connectivity index (χ0n) is 14.5. The van der Waals surface area contributed by atoms with Crippen LogP contribution in [0.25, 0.3) is 0 Å². The molecule has 0 aromatic carbocycles. The minimum Gasteiger partial charge on any atom is -0.390 e. The second-order valence-corrected chi connectivity index (χ2v) is 6.46. The largest absolute Gasteiger partial charge is 0.390 e. The molecule has 0 spiro atoms. The van der Waals surface area contributed by atoms with Gasteiger partial charge in [0.05, 0.1) is 43.3 Å². The minimum atomic E-state index is -0.0925.